The van der Waals surface area contributed by atoms with E-state index >= 15 is 0 Å². The van der Waals surface area contributed by atoms with Crippen LogP contribution >= 0.6 is 0 Å². The van der Waals surface area contributed by atoms with Gasteiger partial charge in [-0.05, 0) is 69.5 Å². The third-order valence-electron chi connectivity index (χ3n) is 6.71. The fraction of sp³-hybridized carbons (Fsp3) is 0.440. The Labute approximate surface area is 200 Å². The molecule has 0 bridgehead atoms. The van der Waals surface area contributed by atoms with E-state index in [1.165, 1.54) is 0 Å². The lowest BCUT2D eigenvalue weighted by molar-refractivity contribution is 0.0652. The average Bonchev–Trinajstić information content (AvgIpc) is 3.22. The van der Waals surface area contributed by atoms with Crippen LogP contribution in [0, 0.1) is 0 Å². The molecule has 5 rings (SSSR count). The minimum absolute atomic E-state index is 0.0268. The second kappa shape index (κ2) is 9.03. The maximum Gasteiger partial charge on any atom is 0.253 e. The standard InChI is InChI=1S/C25H30N4O4S/c1-18(2)34(31,32)28-13-9-21(10-14-28)33-22-5-7-24(26-17-22)29-15-8-19-16-20(4-6-23(19)29)25(30)27-11-3-12-27/h4-8,15-18,21H,3,9-14H2,1-2H3. The number of ether oxygens (including phenoxy) is 1. The molecule has 1 aromatic carbocycles. The van der Waals surface area contributed by atoms with Gasteiger partial charge in [-0.15, -0.1) is 0 Å². The first-order valence-corrected chi connectivity index (χ1v) is 13.4. The number of piperidine rings is 1. The van der Waals surface area contributed by atoms with Crippen molar-refractivity contribution >= 4 is 26.8 Å². The van der Waals surface area contributed by atoms with Gasteiger partial charge in [0, 0.05) is 43.3 Å². The lowest BCUT2D eigenvalue weighted by Gasteiger charge is -2.32. The van der Waals surface area contributed by atoms with Gasteiger partial charge in [-0.25, -0.2) is 17.7 Å². The molecular weight excluding hydrogens is 452 g/mol. The number of amides is 1. The Hall–Kier alpha value is -2.91. The number of benzene rings is 1. The van der Waals surface area contributed by atoms with Crippen LogP contribution in [0.25, 0.3) is 16.7 Å². The van der Waals surface area contributed by atoms with Crippen molar-refractivity contribution in [1.82, 2.24) is 18.8 Å². The van der Waals surface area contributed by atoms with Crippen LogP contribution < -0.4 is 4.74 Å². The Morgan fingerprint density at radius 1 is 1.06 bits per heavy atom. The predicted octanol–water partition coefficient (Wildman–Crippen LogP) is 3.45. The highest BCUT2D eigenvalue weighted by atomic mass is 32.2. The van der Waals surface area contributed by atoms with Gasteiger partial charge in [0.2, 0.25) is 10.0 Å². The summed E-state index contributed by atoms with van der Waals surface area (Å²) in [6.07, 6.45) is 6.04. The van der Waals surface area contributed by atoms with E-state index < -0.39 is 15.3 Å². The van der Waals surface area contributed by atoms with Gasteiger partial charge in [-0.1, -0.05) is 0 Å². The van der Waals surface area contributed by atoms with Gasteiger partial charge < -0.3 is 14.2 Å². The summed E-state index contributed by atoms with van der Waals surface area (Å²) in [4.78, 5) is 19.0. The van der Waals surface area contributed by atoms with Gasteiger partial charge in [0.05, 0.1) is 17.0 Å². The largest absolute Gasteiger partial charge is 0.489 e. The smallest absolute Gasteiger partial charge is 0.253 e. The maximum absolute atomic E-state index is 12.5. The Kier molecular flexibility index (Phi) is 6.07. The highest BCUT2D eigenvalue weighted by Crippen LogP contribution is 2.25. The van der Waals surface area contributed by atoms with E-state index in [-0.39, 0.29) is 12.0 Å². The summed E-state index contributed by atoms with van der Waals surface area (Å²) in [5.41, 5.74) is 1.70. The first-order chi connectivity index (χ1) is 16.3. The number of hydrogen-bond acceptors (Lipinski definition) is 5. The molecule has 3 aromatic rings. The molecule has 4 heterocycles. The number of rotatable bonds is 6. The molecule has 0 atom stereocenters. The number of nitrogens with zero attached hydrogens (tertiary/aromatic N) is 4. The van der Waals surface area contributed by atoms with Crippen molar-refractivity contribution in [2.24, 2.45) is 0 Å². The summed E-state index contributed by atoms with van der Waals surface area (Å²) in [6, 6.07) is 11.6. The molecule has 2 saturated heterocycles. The molecule has 0 unspecified atom stereocenters. The normalized spacial score (nSPS) is 17.8. The summed E-state index contributed by atoms with van der Waals surface area (Å²) in [7, 11) is -3.21. The van der Waals surface area contributed by atoms with E-state index in [1.807, 2.05) is 52.1 Å². The summed E-state index contributed by atoms with van der Waals surface area (Å²) >= 11 is 0. The number of fused-ring (bicyclic) bond motifs is 1. The number of hydrogen-bond donors (Lipinski definition) is 0. The van der Waals surface area contributed by atoms with Crippen molar-refractivity contribution in [2.75, 3.05) is 26.2 Å². The van der Waals surface area contributed by atoms with Crippen LogP contribution in [-0.2, 0) is 10.0 Å². The summed E-state index contributed by atoms with van der Waals surface area (Å²) in [6.45, 7) is 6.07. The van der Waals surface area contributed by atoms with Crippen LogP contribution in [0.15, 0.2) is 48.8 Å². The van der Waals surface area contributed by atoms with Crippen molar-refractivity contribution in [3.05, 3.63) is 54.4 Å². The molecule has 0 aliphatic carbocycles. The van der Waals surface area contributed by atoms with E-state index in [1.54, 1.807) is 24.3 Å². The number of sulfonamides is 1. The van der Waals surface area contributed by atoms with Gasteiger partial charge in [0.1, 0.15) is 17.7 Å². The van der Waals surface area contributed by atoms with Crippen molar-refractivity contribution in [2.45, 2.75) is 44.5 Å². The van der Waals surface area contributed by atoms with Crippen molar-refractivity contribution in [3.63, 3.8) is 0 Å². The van der Waals surface area contributed by atoms with Gasteiger partial charge >= 0.3 is 0 Å². The average molecular weight is 483 g/mol. The lowest BCUT2D eigenvalue weighted by atomic mass is 10.1. The zero-order valence-corrected chi connectivity index (χ0v) is 20.4. The molecule has 0 radical (unpaired) electrons. The number of likely N-dealkylation sites (tertiary alicyclic amines) is 1. The number of carbonyl (C=O) groups excluding carboxylic acids is 1. The third kappa shape index (κ3) is 4.30. The van der Waals surface area contributed by atoms with Crippen molar-refractivity contribution < 1.29 is 17.9 Å². The molecule has 34 heavy (non-hydrogen) atoms. The van der Waals surface area contributed by atoms with E-state index in [0.717, 1.165) is 36.2 Å². The lowest BCUT2D eigenvalue weighted by Crippen LogP contribution is -2.44. The zero-order valence-electron chi connectivity index (χ0n) is 19.6. The van der Waals surface area contributed by atoms with E-state index in [2.05, 4.69) is 4.98 Å². The molecule has 9 heteroatoms. The Morgan fingerprint density at radius 3 is 2.44 bits per heavy atom. The Balaban J connectivity index is 1.24. The van der Waals surface area contributed by atoms with Gasteiger partial charge in [-0.2, -0.15) is 0 Å². The Bertz CT molecular complexity index is 1290. The first-order valence-electron chi connectivity index (χ1n) is 11.9. The molecule has 2 aromatic heterocycles. The van der Waals surface area contributed by atoms with E-state index in [9.17, 15) is 13.2 Å². The molecule has 0 spiro atoms. The SMILES string of the molecule is CC(C)S(=O)(=O)N1CCC(Oc2ccc(-n3ccc4cc(C(=O)N5CCC5)ccc43)nc2)CC1. The quantitative estimate of drug-likeness (QED) is 0.537. The van der Waals surface area contributed by atoms with Crippen LogP contribution in [0.1, 0.15) is 43.5 Å². The van der Waals surface area contributed by atoms with Crippen molar-refractivity contribution in [1.29, 1.82) is 0 Å². The van der Waals surface area contributed by atoms with Crippen LogP contribution in [0.5, 0.6) is 5.75 Å². The van der Waals surface area contributed by atoms with Gasteiger partial charge in [0.15, 0.2) is 0 Å². The minimum atomic E-state index is -3.21. The maximum atomic E-state index is 12.5. The molecule has 0 N–H and O–H groups in total. The Morgan fingerprint density at radius 2 is 1.82 bits per heavy atom. The predicted molar refractivity (Wildman–Crippen MR) is 131 cm³/mol. The van der Waals surface area contributed by atoms with Gasteiger partial charge in [-0.3, -0.25) is 4.79 Å². The molecule has 180 valence electrons. The molecule has 8 nitrogen and oxygen atoms in total. The highest BCUT2D eigenvalue weighted by Gasteiger charge is 2.31. The number of pyridine rings is 1. The third-order valence-corrected chi connectivity index (χ3v) is 8.98. The highest BCUT2D eigenvalue weighted by molar-refractivity contribution is 7.89. The van der Waals surface area contributed by atoms with E-state index in [4.69, 9.17) is 4.74 Å². The molecule has 2 fully saturated rings. The minimum Gasteiger partial charge on any atom is -0.489 e. The van der Waals surface area contributed by atoms with Crippen LogP contribution in [-0.4, -0.2) is 70.6 Å². The molecule has 2 aliphatic heterocycles. The molecule has 0 saturated carbocycles. The first kappa shape index (κ1) is 22.9. The molecule has 2 aliphatic rings. The summed E-state index contributed by atoms with van der Waals surface area (Å²) in [5.74, 6) is 1.53. The van der Waals surface area contributed by atoms with E-state index in [0.29, 0.717) is 37.2 Å². The fourth-order valence-corrected chi connectivity index (χ4v) is 5.77. The van der Waals surface area contributed by atoms with Crippen LogP contribution in [0.4, 0.5) is 0 Å². The van der Waals surface area contributed by atoms with Gasteiger partial charge in [0.25, 0.3) is 5.91 Å². The van der Waals surface area contributed by atoms with Crippen LogP contribution in [0.3, 0.4) is 0 Å². The van der Waals surface area contributed by atoms with Crippen LogP contribution in [0.2, 0.25) is 0 Å². The molecular formula is C25H30N4O4S. The summed E-state index contributed by atoms with van der Waals surface area (Å²) in [5, 5.41) is 0.593. The summed E-state index contributed by atoms with van der Waals surface area (Å²) < 4.78 is 34.3. The number of aromatic nitrogens is 2. The second-order valence-electron chi connectivity index (χ2n) is 9.27. The monoisotopic (exact) mass is 482 g/mol. The van der Waals surface area contributed by atoms with Crippen molar-refractivity contribution in [3.8, 4) is 11.6 Å². The second-order valence-corrected chi connectivity index (χ2v) is 11.8. The fourth-order valence-electron chi connectivity index (χ4n) is 4.46. The topological polar surface area (TPSA) is 84.7 Å². The zero-order chi connectivity index (χ0) is 23.9. The molecule has 1 amide bonds. The number of carbonyl (C=O) groups is 1.